The van der Waals surface area contributed by atoms with Crippen LogP contribution in [0.2, 0.25) is 5.02 Å². The highest BCUT2D eigenvalue weighted by molar-refractivity contribution is 7.20. The number of halogens is 1. The zero-order valence-corrected chi connectivity index (χ0v) is 20.3. The molecule has 0 saturated carbocycles. The molecule has 9 heteroatoms. The van der Waals surface area contributed by atoms with Gasteiger partial charge in [-0.2, -0.15) is 5.10 Å². The van der Waals surface area contributed by atoms with Crippen molar-refractivity contribution in [3.63, 3.8) is 0 Å². The molecule has 3 aromatic heterocycles. The fourth-order valence-corrected chi connectivity index (χ4v) is 5.22. The molecule has 1 N–H and O–H groups in total. The van der Waals surface area contributed by atoms with Crippen molar-refractivity contribution in [2.45, 2.75) is 26.9 Å². The number of nitrogens with one attached hydrogen (secondary N) is 1. The van der Waals surface area contributed by atoms with Crippen LogP contribution in [0.25, 0.3) is 21.1 Å². The number of rotatable bonds is 6. The zero-order valence-electron chi connectivity index (χ0n) is 18.7. The second-order valence-electron chi connectivity index (χ2n) is 8.05. The molecule has 0 bridgehead atoms. The van der Waals surface area contributed by atoms with E-state index in [1.165, 1.54) is 11.3 Å². The molecule has 0 aliphatic rings. The van der Waals surface area contributed by atoms with E-state index in [1.54, 1.807) is 23.1 Å². The summed E-state index contributed by atoms with van der Waals surface area (Å²) in [6.07, 6.45) is 0. The van der Waals surface area contributed by atoms with Gasteiger partial charge in [-0.1, -0.05) is 35.9 Å². The molecule has 0 spiro atoms. The number of amides is 1. The Balaban J connectivity index is 1.42. The highest BCUT2D eigenvalue weighted by atomic mass is 35.5. The highest BCUT2D eigenvalue weighted by Gasteiger charge is 2.21. The van der Waals surface area contributed by atoms with Crippen LogP contribution in [-0.2, 0) is 13.1 Å². The van der Waals surface area contributed by atoms with Gasteiger partial charge in [-0.25, -0.2) is 4.98 Å². The van der Waals surface area contributed by atoms with E-state index >= 15 is 0 Å². The van der Waals surface area contributed by atoms with Crippen molar-refractivity contribution in [2.24, 2.45) is 0 Å². The molecular weight excluding hydrogens is 470 g/mol. The molecule has 5 aromatic rings. The summed E-state index contributed by atoms with van der Waals surface area (Å²) in [6, 6.07) is 16.8. The van der Waals surface area contributed by atoms with Gasteiger partial charge in [-0.15, -0.1) is 11.3 Å². The van der Waals surface area contributed by atoms with Crippen LogP contribution in [0.4, 0.5) is 0 Å². The van der Waals surface area contributed by atoms with Gasteiger partial charge in [0, 0.05) is 17.0 Å². The van der Waals surface area contributed by atoms with Gasteiger partial charge in [-0.3, -0.25) is 14.3 Å². The summed E-state index contributed by atoms with van der Waals surface area (Å²) in [6.45, 7) is 5.16. The van der Waals surface area contributed by atoms with Gasteiger partial charge in [0.2, 0.25) is 0 Å². The summed E-state index contributed by atoms with van der Waals surface area (Å²) in [4.78, 5) is 36.4. The van der Waals surface area contributed by atoms with Gasteiger partial charge in [0.25, 0.3) is 11.5 Å². The van der Waals surface area contributed by atoms with Crippen LogP contribution in [0.1, 0.15) is 33.7 Å². The second-order valence-corrected chi connectivity index (χ2v) is 9.52. The van der Waals surface area contributed by atoms with Crippen LogP contribution >= 0.6 is 22.9 Å². The number of aromatic nitrogens is 4. The molecule has 7 nitrogen and oxygen atoms in total. The van der Waals surface area contributed by atoms with Crippen molar-refractivity contribution in [1.29, 1.82) is 0 Å². The number of carbonyl (C=O) groups excluding carboxylic acids is 1. The first-order valence-corrected chi connectivity index (χ1v) is 12.1. The topological polar surface area (TPSA) is 83.9 Å². The average Bonchev–Trinajstić information content (AvgIpc) is 3.39. The van der Waals surface area contributed by atoms with Crippen molar-refractivity contribution in [3.8, 4) is 0 Å². The lowest BCUT2D eigenvalue weighted by Crippen LogP contribution is -2.31. The molecule has 0 saturated heterocycles. The van der Waals surface area contributed by atoms with Crippen LogP contribution in [0, 0.1) is 6.92 Å². The summed E-state index contributed by atoms with van der Waals surface area (Å²) in [7, 11) is 0. The van der Waals surface area contributed by atoms with Crippen molar-refractivity contribution in [3.05, 3.63) is 91.9 Å². The maximum absolute atomic E-state index is 13.4. The second kappa shape index (κ2) is 9.04. The summed E-state index contributed by atoms with van der Waals surface area (Å²) < 4.78 is 1.92. The van der Waals surface area contributed by atoms with Crippen LogP contribution in [0.15, 0.2) is 59.4 Å². The van der Waals surface area contributed by atoms with Crippen molar-refractivity contribution in [1.82, 2.24) is 24.6 Å². The molecule has 172 valence electrons. The highest BCUT2D eigenvalue weighted by Crippen LogP contribution is 2.30. The van der Waals surface area contributed by atoms with Crippen molar-refractivity contribution >= 4 is 50.0 Å². The van der Waals surface area contributed by atoms with E-state index in [-0.39, 0.29) is 18.0 Å². The Bertz CT molecular complexity index is 1570. The Morgan fingerprint density at radius 3 is 2.68 bits per heavy atom. The van der Waals surface area contributed by atoms with E-state index in [0.717, 1.165) is 21.5 Å². The molecule has 0 unspecified atom stereocenters. The number of aromatic amines is 1. The van der Waals surface area contributed by atoms with Crippen LogP contribution in [-0.4, -0.2) is 37.1 Å². The molecular formula is C25H22ClN5O2S. The number of H-pyrrole nitrogens is 1. The quantitative estimate of drug-likeness (QED) is 0.362. The normalized spacial score (nSPS) is 11.4. The number of thiophene rings is 1. The number of hydrogen-bond acceptors (Lipinski definition) is 5. The lowest BCUT2D eigenvalue weighted by atomic mass is 10.2. The van der Waals surface area contributed by atoms with E-state index in [4.69, 9.17) is 11.6 Å². The van der Waals surface area contributed by atoms with Crippen LogP contribution in [0.3, 0.4) is 0 Å². The molecule has 3 heterocycles. The number of nitrogens with zero attached hydrogens (tertiary/aromatic N) is 4. The number of hydrogen-bond donors (Lipinski definition) is 1. The van der Waals surface area contributed by atoms with Gasteiger partial charge in [0.05, 0.1) is 34.6 Å². The Morgan fingerprint density at radius 1 is 1.15 bits per heavy atom. The zero-order chi connectivity index (χ0) is 23.8. The van der Waals surface area contributed by atoms with E-state index < -0.39 is 0 Å². The summed E-state index contributed by atoms with van der Waals surface area (Å²) >= 11 is 7.43. The summed E-state index contributed by atoms with van der Waals surface area (Å²) in [5.74, 6) is 0.363. The Morgan fingerprint density at radius 2 is 1.91 bits per heavy atom. The SMILES string of the molecule is CCN(Cc1nc2ccccc2c(=O)[nH]1)C(=O)c1cc2c(C)nn(Cc3ccc(Cl)cc3)c2s1. The Hall–Kier alpha value is -3.49. The Labute approximate surface area is 204 Å². The third-order valence-corrected chi connectivity index (χ3v) is 7.12. The first kappa shape index (κ1) is 22.3. The fourth-order valence-electron chi connectivity index (χ4n) is 3.96. The minimum absolute atomic E-state index is 0.100. The van der Waals surface area contributed by atoms with Gasteiger partial charge in [-0.05, 0) is 49.7 Å². The summed E-state index contributed by atoms with van der Waals surface area (Å²) in [5, 5.41) is 6.85. The first-order chi connectivity index (χ1) is 16.4. The third-order valence-electron chi connectivity index (χ3n) is 5.74. The average molecular weight is 492 g/mol. The van der Waals surface area contributed by atoms with Crippen molar-refractivity contribution < 1.29 is 4.79 Å². The number of aryl methyl sites for hydroxylation is 1. The molecule has 0 aliphatic carbocycles. The first-order valence-electron chi connectivity index (χ1n) is 10.9. The van der Waals surface area contributed by atoms with Crippen LogP contribution < -0.4 is 5.56 Å². The predicted octanol–water partition coefficient (Wildman–Crippen LogP) is 5.01. The standard InChI is InChI=1S/C25H22ClN5O2S/c1-3-30(14-22-27-20-7-5-4-6-18(20)23(32)28-22)24(33)21-12-19-15(2)29-31(25(19)34-21)13-16-8-10-17(26)11-9-16/h4-12H,3,13-14H2,1-2H3,(H,27,28,32). The number of carbonyl (C=O) groups is 1. The minimum Gasteiger partial charge on any atom is -0.331 e. The monoisotopic (exact) mass is 491 g/mol. The van der Waals surface area contributed by atoms with E-state index in [1.807, 2.05) is 54.9 Å². The number of benzene rings is 2. The number of fused-ring (bicyclic) bond motifs is 2. The third kappa shape index (κ3) is 4.22. The lowest BCUT2D eigenvalue weighted by molar-refractivity contribution is 0.0753. The maximum atomic E-state index is 13.4. The van der Waals surface area contributed by atoms with Gasteiger partial charge >= 0.3 is 0 Å². The molecule has 0 fully saturated rings. The van der Waals surface area contributed by atoms with E-state index in [9.17, 15) is 9.59 Å². The lowest BCUT2D eigenvalue weighted by Gasteiger charge is -2.19. The smallest absolute Gasteiger partial charge is 0.264 e. The number of para-hydroxylation sites is 1. The maximum Gasteiger partial charge on any atom is 0.264 e. The largest absolute Gasteiger partial charge is 0.331 e. The summed E-state index contributed by atoms with van der Waals surface area (Å²) in [5.41, 5.74) is 2.37. The molecule has 1 amide bonds. The van der Waals surface area contributed by atoms with Crippen molar-refractivity contribution in [2.75, 3.05) is 6.54 Å². The molecule has 0 atom stereocenters. The molecule has 5 rings (SSSR count). The van der Waals surface area contributed by atoms with Crippen LogP contribution in [0.5, 0.6) is 0 Å². The van der Waals surface area contributed by atoms with E-state index in [2.05, 4.69) is 15.1 Å². The van der Waals surface area contributed by atoms with Gasteiger partial charge in [0.1, 0.15) is 10.7 Å². The predicted molar refractivity (Wildman–Crippen MR) is 136 cm³/mol. The minimum atomic E-state index is -0.205. The molecule has 34 heavy (non-hydrogen) atoms. The van der Waals surface area contributed by atoms with Gasteiger partial charge in [0.15, 0.2) is 0 Å². The molecule has 0 radical (unpaired) electrons. The molecule has 2 aromatic carbocycles. The Kier molecular flexibility index (Phi) is 5.93. The molecule has 0 aliphatic heterocycles. The fraction of sp³-hybridized carbons (Fsp3) is 0.200. The van der Waals surface area contributed by atoms with Gasteiger partial charge < -0.3 is 9.88 Å². The van der Waals surface area contributed by atoms with E-state index in [0.29, 0.717) is 39.7 Å².